The predicted octanol–water partition coefficient (Wildman–Crippen LogP) is 5.08. The number of anilines is 1. The molecule has 0 aliphatic rings. The lowest BCUT2D eigenvalue weighted by molar-refractivity contribution is -0.149. The Morgan fingerprint density at radius 2 is 1.86 bits per heavy atom. The fraction of sp³-hybridized carbons (Fsp3) is 0.227. The quantitative estimate of drug-likeness (QED) is 0.234. The molecule has 15 heteroatoms. The Bertz CT molecular complexity index is 1440. The second-order valence-electron chi connectivity index (χ2n) is 7.81. The third-order valence-corrected chi connectivity index (χ3v) is 6.44. The summed E-state index contributed by atoms with van der Waals surface area (Å²) in [6, 6.07) is 9.48. The number of nitrogens with zero attached hydrogens (tertiary/aromatic N) is 4. The summed E-state index contributed by atoms with van der Waals surface area (Å²) >= 11 is 6.05. The van der Waals surface area contributed by atoms with Gasteiger partial charge in [-0.15, -0.1) is 4.40 Å². The average Bonchev–Trinajstić information content (AvgIpc) is 3.25. The molecule has 0 spiro atoms. The van der Waals surface area contributed by atoms with Crippen molar-refractivity contribution < 1.29 is 35.2 Å². The summed E-state index contributed by atoms with van der Waals surface area (Å²) in [5.74, 6) is -0.595. The second kappa shape index (κ2) is 10.8. The van der Waals surface area contributed by atoms with E-state index in [1.165, 1.54) is 19.0 Å². The third-order valence-electron chi connectivity index (χ3n) is 4.81. The van der Waals surface area contributed by atoms with Gasteiger partial charge in [0, 0.05) is 35.9 Å². The number of hydrogen-bond donors (Lipinski definition) is 1. The first-order valence-electron chi connectivity index (χ1n) is 10.3. The van der Waals surface area contributed by atoms with Crippen LogP contribution in [0.1, 0.15) is 17.8 Å². The monoisotopic (exact) mass is 563 g/mol. The number of carbonyl (C=O) groups excluding carboxylic acids is 1. The molecule has 0 unspecified atom stereocenters. The number of amides is 1. The fourth-order valence-electron chi connectivity index (χ4n) is 3.26. The van der Waals surface area contributed by atoms with Gasteiger partial charge in [0.15, 0.2) is 5.69 Å². The molecule has 3 rings (SSSR count). The van der Waals surface area contributed by atoms with Crippen molar-refractivity contribution in [1.29, 1.82) is 0 Å². The molecule has 37 heavy (non-hydrogen) atoms. The highest BCUT2D eigenvalue weighted by atomic mass is 35.5. The summed E-state index contributed by atoms with van der Waals surface area (Å²) in [7, 11) is -1.75. The minimum absolute atomic E-state index is 0.0887. The van der Waals surface area contributed by atoms with Crippen LogP contribution in [0.2, 0.25) is 5.02 Å². The van der Waals surface area contributed by atoms with Crippen molar-refractivity contribution in [3.05, 3.63) is 64.9 Å². The lowest BCUT2D eigenvalue weighted by Crippen LogP contribution is -2.17. The SMILES string of the molecule is CN(C)/C=N/S(=O)(=O)c1cc(NC(=O)Cc2ccccc2Cl)ccc1-c1cnn(C(F)F)c1C(F)(F)F. The maximum atomic E-state index is 13.7. The van der Waals surface area contributed by atoms with Crippen LogP contribution in [0, 0.1) is 0 Å². The lowest BCUT2D eigenvalue weighted by atomic mass is 10.1. The number of alkyl halides is 5. The molecule has 8 nitrogen and oxygen atoms in total. The number of halogens is 6. The molecule has 2 aromatic carbocycles. The number of nitrogens with one attached hydrogen (secondary N) is 1. The summed E-state index contributed by atoms with van der Waals surface area (Å²) in [5, 5.41) is 5.88. The zero-order chi connectivity index (χ0) is 27.5. The van der Waals surface area contributed by atoms with Crippen LogP contribution in [0.15, 0.2) is 58.0 Å². The highest BCUT2D eigenvalue weighted by Gasteiger charge is 2.41. The molecule has 0 aliphatic carbocycles. The summed E-state index contributed by atoms with van der Waals surface area (Å²) in [5.41, 5.74) is -2.93. The van der Waals surface area contributed by atoms with Crippen LogP contribution >= 0.6 is 11.6 Å². The highest BCUT2D eigenvalue weighted by Crippen LogP contribution is 2.41. The Hall–Kier alpha value is -3.52. The van der Waals surface area contributed by atoms with E-state index >= 15 is 0 Å². The number of sulfonamides is 1. The lowest BCUT2D eigenvalue weighted by Gasteiger charge is -2.15. The third kappa shape index (κ3) is 6.63. The fourth-order valence-corrected chi connectivity index (χ4v) is 4.62. The summed E-state index contributed by atoms with van der Waals surface area (Å²) in [6.07, 6.45) is -4.08. The number of benzene rings is 2. The number of carbonyl (C=O) groups is 1. The Kier molecular flexibility index (Phi) is 8.22. The standard InChI is InChI=1S/C22H19ClF5N5O3S/c1-32(2)12-30-37(35,36)18-10-14(31-19(34)9-13-5-3-4-6-17(13)23)7-8-15(18)16-11-29-33(21(24)25)20(16)22(26,27)28/h3-8,10-12,21H,9H2,1-2H3,(H,31,34)/b30-12+. The maximum absolute atomic E-state index is 13.7. The van der Waals surface area contributed by atoms with E-state index in [2.05, 4.69) is 14.8 Å². The molecule has 0 atom stereocenters. The Morgan fingerprint density at radius 3 is 2.46 bits per heavy atom. The zero-order valence-corrected chi connectivity index (χ0v) is 20.7. The zero-order valence-electron chi connectivity index (χ0n) is 19.2. The first kappa shape index (κ1) is 28.1. The number of aromatic nitrogens is 2. The molecule has 0 radical (unpaired) electrons. The minimum Gasteiger partial charge on any atom is -0.368 e. The normalized spacial score (nSPS) is 12.4. The Morgan fingerprint density at radius 1 is 1.19 bits per heavy atom. The first-order chi connectivity index (χ1) is 17.2. The van der Waals surface area contributed by atoms with Crippen molar-refractivity contribution in [2.45, 2.75) is 24.0 Å². The van der Waals surface area contributed by atoms with Gasteiger partial charge in [-0.1, -0.05) is 35.9 Å². The molecular formula is C22H19ClF5N5O3S. The van der Waals surface area contributed by atoms with Crippen LogP contribution < -0.4 is 5.32 Å². The van der Waals surface area contributed by atoms with Crippen molar-refractivity contribution in [2.24, 2.45) is 4.40 Å². The Labute approximate surface area is 213 Å². The van der Waals surface area contributed by atoms with E-state index in [0.717, 1.165) is 24.5 Å². The van der Waals surface area contributed by atoms with E-state index in [-0.39, 0.29) is 12.1 Å². The largest absolute Gasteiger partial charge is 0.433 e. The number of hydrogen-bond acceptors (Lipinski definition) is 4. The van der Waals surface area contributed by atoms with Gasteiger partial charge in [-0.2, -0.15) is 40.2 Å². The molecule has 0 saturated heterocycles. The van der Waals surface area contributed by atoms with Gasteiger partial charge in [0.05, 0.1) is 17.5 Å². The van der Waals surface area contributed by atoms with E-state index in [1.807, 2.05) is 0 Å². The van der Waals surface area contributed by atoms with Gasteiger partial charge >= 0.3 is 12.7 Å². The minimum atomic E-state index is -5.29. The first-order valence-corrected chi connectivity index (χ1v) is 12.1. The van der Waals surface area contributed by atoms with Crippen molar-refractivity contribution in [3.63, 3.8) is 0 Å². The molecule has 0 aliphatic heterocycles. The van der Waals surface area contributed by atoms with Gasteiger partial charge in [0.25, 0.3) is 10.0 Å². The molecule has 0 saturated carbocycles. The molecule has 0 bridgehead atoms. The van der Waals surface area contributed by atoms with Crippen LogP contribution in [0.4, 0.5) is 27.6 Å². The molecule has 1 N–H and O–H groups in total. The molecule has 198 valence electrons. The van der Waals surface area contributed by atoms with Crippen molar-refractivity contribution in [1.82, 2.24) is 14.7 Å². The molecule has 3 aromatic rings. The van der Waals surface area contributed by atoms with Gasteiger partial charge in [0.2, 0.25) is 5.91 Å². The highest BCUT2D eigenvalue weighted by molar-refractivity contribution is 7.90. The molecule has 1 aromatic heterocycles. The van der Waals surface area contributed by atoms with Gasteiger partial charge in [0.1, 0.15) is 6.34 Å². The smallest absolute Gasteiger partial charge is 0.368 e. The number of rotatable bonds is 8. The van der Waals surface area contributed by atoms with Gasteiger partial charge in [-0.3, -0.25) is 4.79 Å². The average molecular weight is 564 g/mol. The van der Waals surface area contributed by atoms with Gasteiger partial charge in [-0.05, 0) is 23.8 Å². The predicted molar refractivity (Wildman–Crippen MR) is 127 cm³/mol. The van der Waals surface area contributed by atoms with E-state index in [0.29, 0.717) is 16.8 Å². The van der Waals surface area contributed by atoms with E-state index < -0.39 is 55.1 Å². The molecule has 1 heterocycles. The van der Waals surface area contributed by atoms with Crippen LogP contribution in [0.25, 0.3) is 11.1 Å². The van der Waals surface area contributed by atoms with Crippen molar-refractivity contribution in [2.75, 3.05) is 19.4 Å². The molecule has 0 fully saturated rings. The van der Waals surface area contributed by atoms with Gasteiger partial charge < -0.3 is 10.2 Å². The summed E-state index contributed by atoms with van der Waals surface area (Å²) in [4.78, 5) is 13.0. The van der Waals surface area contributed by atoms with Crippen molar-refractivity contribution in [3.8, 4) is 11.1 Å². The topological polar surface area (TPSA) is 96.7 Å². The Balaban J connectivity index is 2.13. The second-order valence-corrected chi connectivity index (χ2v) is 9.82. The van der Waals surface area contributed by atoms with Crippen LogP contribution in [0.5, 0.6) is 0 Å². The molecular weight excluding hydrogens is 545 g/mol. The summed E-state index contributed by atoms with van der Waals surface area (Å²) < 4.78 is 96.5. The maximum Gasteiger partial charge on any atom is 0.433 e. The van der Waals surface area contributed by atoms with Crippen LogP contribution in [-0.4, -0.2) is 49.4 Å². The van der Waals surface area contributed by atoms with E-state index in [1.54, 1.807) is 24.3 Å². The van der Waals surface area contributed by atoms with E-state index in [9.17, 15) is 35.2 Å². The van der Waals surface area contributed by atoms with Gasteiger partial charge in [-0.25, -0.2) is 0 Å². The van der Waals surface area contributed by atoms with Crippen LogP contribution in [0.3, 0.4) is 0 Å². The molecule has 1 amide bonds. The summed E-state index contributed by atoms with van der Waals surface area (Å²) in [6.45, 7) is -3.64. The van der Waals surface area contributed by atoms with Crippen molar-refractivity contribution >= 4 is 39.6 Å². The van der Waals surface area contributed by atoms with Crippen LogP contribution in [-0.2, 0) is 27.4 Å². The van der Waals surface area contributed by atoms with E-state index in [4.69, 9.17) is 11.6 Å².